The second-order valence-corrected chi connectivity index (χ2v) is 6.64. The van der Waals surface area contributed by atoms with E-state index in [0.717, 1.165) is 10.5 Å². The van der Waals surface area contributed by atoms with Crippen molar-refractivity contribution >= 4 is 35.2 Å². The lowest BCUT2D eigenvalue weighted by molar-refractivity contribution is -0.147. The molecule has 2 aromatic carbocycles. The van der Waals surface area contributed by atoms with Gasteiger partial charge in [0.25, 0.3) is 11.8 Å². The van der Waals surface area contributed by atoms with Gasteiger partial charge in [-0.2, -0.15) is 0 Å². The van der Waals surface area contributed by atoms with Gasteiger partial charge in [0.2, 0.25) is 0 Å². The van der Waals surface area contributed by atoms with Gasteiger partial charge in [0.15, 0.2) is 6.61 Å². The smallest absolute Gasteiger partial charge is 0.308 e. The van der Waals surface area contributed by atoms with Crippen LogP contribution >= 0.6 is 11.8 Å². The lowest BCUT2D eigenvalue weighted by Gasteiger charge is -2.08. The molecule has 2 amide bonds. The van der Waals surface area contributed by atoms with Crippen molar-refractivity contribution in [1.29, 1.82) is 0 Å². The number of rotatable bonds is 8. The van der Waals surface area contributed by atoms with Crippen LogP contribution in [0.3, 0.4) is 0 Å². The zero-order valence-electron chi connectivity index (χ0n) is 15.3. The van der Waals surface area contributed by atoms with E-state index in [1.54, 1.807) is 36.0 Å². The van der Waals surface area contributed by atoms with Crippen molar-refractivity contribution in [1.82, 2.24) is 5.32 Å². The first-order valence-corrected chi connectivity index (χ1v) is 9.65. The van der Waals surface area contributed by atoms with Gasteiger partial charge < -0.3 is 15.4 Å². The van der Waals surface area contributed by atoms with Crippen LogP contribution in [0.15, 0.2) is 53.4 Å². The number of carbonyl (C=O) groups is 3. The maximum Gasteiger partial charge on any atom is 0.308 e. The van der Waals surface area contributed by atoms with Gasteiger partial charge in [-0.25, -0.2) is 0 Å². The zero-order chi connectivity index (χ0) is 19.6. The lowest BCUT2D eigenvalue weighted by Crippen LogP contribution is -2.28. The third kappa shape index (κ3) is 6.79. The summed E-state index contributed by atoms with van der Waals surface area (Å²) in [4.78, 5) is 36.6. The van der Waals surface area contributed by atoms with E-state index in [9.17, 15) is 14.4 Å². The summed E-state index contributed by atoms with van der Waals surface area (Å²) in [6.07, 6.45) is 1.96. The molecular weight excluding hydrogens is 364 g/mol. The summed E-state index contributed by atoms with van der Waals surface area (Å²) in [5, 5.41) is 5.32. The van der Waals surface area contributed by atoms with Gasteiger partial charge in [0.05, 0.1) is 6.42 Å². The molecule has 0 aromatic heterocycles. The van der Waals surface area contributed by atoms with E-state index in [4.69, 9.17) is 4.74 Å². The van der Waals surface area contributed by atoms with E-state index in [1.165, 1.54) is 0 Å². The maximum absolute atomic E-state index is 12.0. The zero-order valence-corrected chi connectivity index (χ0v) is 16.1. The van der Waals surface area contributed by atoms with Crippen LogP contribution in [0, 0.1) is 6.92 Å². The van der Waals surface area contributed by atoms with Crippen LogP contribution in [0.25, 0.3) is 0 Å². The van der Waals surface area contributed by atoms with Crippen molar-refractivity contribution in [2.24, 2.45) is 0 Å². The van der Waals surface area contributed by atoms with E-state index >= 15 is 0 Å². The first kappa shape index (κ1) is 20.5. The Bertz CT molecular complexity index is 806. The monoisotopic (exact) mass is 386 g/mol. The molecule has 0 saturated carbocycles. The molecule has 27 heavy (non-hydrogen) atoms. The number of nitrogens with one attached hydrogen (secondary N) is 2. The molecule has 0 saturated heterocycles. The Morgan fingerprint density at radius 1 is 1.04 bits per heavy atom. The van der Waals surface area contributed by atoms with Crippen LogP contribution < -0.4 is 10.6 Å². The van der Waals surface area contributed by atoms with Gasteiger partial charge in [-0.05, 0) is 49.1 Å². The summed E-state index contributed by atoms with van der Waals surface area (Å²) in [7, 11) is 0. The average molecular weight is 386 g/mol. The molecule has 2 rings (SSSR count). The van der Waals surface area contributed by atoms with Crippen molar-refractivity contribution < 1.29 is 19.1 Å². The van der Waals surface area contributed by atoms with Crippen LogP contribution in [0.4, 0.5) is 5.69 Å². The number of esters is 1. The SMILES string of the molecule is CSc1ccc(NC(=O)COC(=O)CCNC(=O)c2ccccc2C)cc1. The molecule has 0 heterocycles. The van der Waals surface area contributed by atoms with Crippen LogP contribution in [0.5, 0.6) is 0 Å². The summed E-state index contributed by atoms with van der Waals surface area (Å²) in [5.74, 6) is -1.20. The highest BCUT2D eigenvalue weighted by Crippen LogP contribution is 2.17. The number of hydrogen-bond donors (Lipinski definition) is 2. The first-order chi connectivity index (χ1) is 13.0. The van der Waals surface area contributed by atoms with E-state index in [0.29, 0.717) is 11.3 Å². The third-order valence-electron chi connectivity index (χ3n) is 3.74. The first-order valence-electron chi connectivity index (χ1n) is 8.43. The van der Waals surface area contributed by atoms with Crippen LogP contribution in [-0.4, -0.2) is 37.2 Å². The van der Waals surface area contributed by atoms with Crippen molar-refractivity contribution in [3.05, 3.63) is 59.7 Å². The molecule has 0 unspecified atom stereocenters. The summed E-state index contributed by atoms with van der Waals surface area (Å²) in [6.45, 7) is 1.62. The van der Waals surface area contributed by atoms with Crippen molar-refractivity contribution in [2.45, 2.75) is 18.2 Å². The molecule has 0 atom stereocenters. The minimum atomic E-state index is -0.548. The summed E-state index contributed by atoms with van der Waals surface area (Å²) in [5.41, 5.74) is 2.07. The molecule has 0 aliphatic heterocycles. The Morgan fingerprint density at radius 3 is 2.41 bits per heavy atom. The number of aryl methyl sites for hydroxylation is 1. The average Bonchev–Trinajstić information content (AvgIpc) is 2.67. The Kier molecular flexibility index (Phi) is 7.88. The normalized spacial score (nSPS) is 10.1. The molecular formula is C20H22N2O4S. The molecule has 0 bridgehead atoms. The number of thioether (sulfide) groups is 1. The van der Waals surface area contributed by atoms with E-state index < -0.39 is 11.9 Å². The summed E-state index contributed by atoms with van der Waals surface area (Å²) < 4.78 is 4.93. The molecule has 0 aliphatic rings. The predicted octanol–water partition coefficient (Wildman–Crippen LogP) is 3.02. The topological polar surface area (TPSA) is 84.5 Å². The number of amides is 2. The van der Waals surface area contributed by atoms with Gasteiger partial charge >= 0.3 is 5.97 Å². The van der Waals surface area contributed by atoms with Gasteiger partial charge in [-0.15, -0.1) is 11.8 Å². The highest BCUT2D eigenvalue weighted by molar-refractivity contribution is 7.98. The Balaban J connectivity index is 1.67. The molecule has 6 nitrogen and oxygen atoms in total. The number of ether oxygens (including phenoxy) is 1. The summed E-state index contributed by atoms with van der Waals surface area (Å²) >= 11 is 1.61. The van der Waals surface area contributed by atoms with Gasteiger partial charge in [0, 0.05) is 22.7 Å². The quantitative estimate of drug-likeness (QED) is 0.538. The van der Waals surface area contributed by atoms with E-state index in [2.05, 4.69) is 10.6 Å². The molecule has 0 radical (unpaired) electrons. The second kappa shape index (κ2) is 10.4. The minimum Gasteiger partial charge on any atom is -0.456 e. The van der Waals surface area contributed by atoms with E-state index in [1.807, 2.05) is 37.4 Å². The molecule has 7 heteroatoms. The Hall–Kier alpha value is -2.80. The van der Waals surface area contributed by atoms with E-state index in [-0.39, 0.29) is 25.5 Å². The number of hydrogen-bond acceptors (Lipinski definition) is 5. The fourth-order valence-corrected chi connectivity index (χ4v) is 2.70. The van der Waals surface area contributed by atoms with Crippen LogP contribution in [0.1, 0.15) is 22.3 Å². The van der Waals surface area contributed by atoms with Gasteiger partial charge in [0.1, 0.15) is 0 Å². The Labute approximate surface area is 162 Å². The highest BCUT2D eigenvalue weighted by Gasteiger charge is 2.11. The minimum absolute atomic E-state index is 0.00663. The van der Waals surface area contributed by atoms with Crippen molar-refractivity contribution in [3.63, 3.8) is 0 Å². The Morgan fingerprint density at radius 2 is 1.74 bits per heavy atom. The highest BCUT2D eigenvalue weighted by atomic mass is 32.2. The molecule has 2 aromatic rings. The molecule has 0 fully saturated rings. The number of carbonyl (C=O) groups excluding carboxylic acids is 3. The van der Waals surface area contributed by atoms with Crippen LogP contribution in [-0.2, 0) is 14.3 Å². The number of anilines is 1. The molecule has 142 valence electrons. The molecule has 0 aliphatic carbocycles. The lowest BCUT2D eigenvalue weighted by atomic mass is 10.1. The standard InChI is InChI=1S/C20H22N2O4S/c1-14-5-3-4-6-17(14)20(25)21-12-11-19(24)26-13-18(23)22-15-7-9-16(27-2)10-8-15/h3-10H,11-13H2,1-2H3,(H,21,25)(H,22,23). The fourth-order valence-electron chi connectivity index (χ4n) is 2.29. The summed E-state index contributed by atoms with van der Waals surface area (Å²) in [6, 6.07) is 14.6. The van der Waals surface area contributed by atoms with Crippen molar-refractivity contribution in [3.8, 4) is 0 Å². The third-order valence-corrected chi connectivity index (χ3v) is 4.49. The molecule has 0 spiro atoms. The second-order valence-electron chi connectivity index (χ2n) is 5.76. The molecule has 2 N–H and O–H groups in total. The van der Waals surface area contributed by atoms with Crippen LogP contribution in [0.2, 0.25) is 0 Å². The van der Waals surface area contributed by atoms with Gasteiger partial charge in [-0.3, -0.25) is 14.4 Å². The van der Waals surface area contributed by atoms with Crippen molar-refractivity contribution in [2.75, 3.05) is 24.7 Å². The number of benzene rings is 2. The predicted molar refractivity (Wildman–Crippen MR) is 106 cm³/mol. The maximum atomic E-state index is 12.0. The van der Waals surface area contributed by atoms with Gasteiger partial charge in [-0.1, -0.05) is 18.2 Å². The largest absolute Gasteiger partial charge is 0.456 e. The fraction of sp³-hybridized carbons (Fsp3) is 0.250.